The Morgan fingerprint density at radius 1 is 1.14 bits per heavy atom. The number of nitrogens with one attached hydrogen (secondary N) is 2. The number of aromatic nitrogens is 2. The second kappa shape index (κ2) is 6.92. The van der Waals surface area contributed by atoms with Gasteiger partial charge in [-0.2, -0.15) is 0 Å². The standard InChI is InChI=1S/C16H22N4O/c1-5-17-15-11(2)16(19-10-18-15)20-12(3)13-6-8-14(21-4)9-7-13/h6-10,12H,5H2,1-4H3,(H2,17,18,19,20). The molecule has 2 aromatic rings. The average molecular weight is 286 g/mol. The van der Waals surface area contributed by atoms with Gasteiger partial charge in [0.15, 0.2) is 0 Å². The first-order valence-electron chi connectivity index (χ1n) is 7.11. The van der Waals surface area contributed by atoms with Gasteiger partial charge in [-0.15, -0.1) is 0 Å². The highest BCUT2D eigenvalue weighted by atomic mass is 16.5. The lowest BCUT2D eigenvalue weighted by Crippen LogP contribution is -2.11. The molecule has 21 heavy (non-hydrogen) atoms. The molecule has 0 spiro atoms. The number of anilines is 2. The smallest absolute Gasteiger partial charge is 0.134 e. The minimum absolute atomic E-state index is 0.152. The van der Waals surface area contributed by atoms with Crippen LogP contribution in [0.15, 0.2) is 30.6 Å². The molecule has 0 amide bonds. The molecule has 1 atom stereocenters. The van der Waals surface area contributed by atoms with E-state index in [9.17, 15) is 0 Å². The van der Waals surface area contributed by atoms with E-state index in [0.29, 0.717) is 0 Å². The number of nitrogens with zero attached hydrogens (tertiary/aromatic N) is 2. The zero-order chi connectivity index (χ0) is 15.2. The maximum Gasteiger partial charge on any atom is 0.134 e. The van der Waals surface area contributed by atoms with E-state index in [1.165, 1.54) is 5.56 Å². The van der Waals surface area contributed by atoms with E-state index >= 15 is 0 Å². The zero-order valence-corrected chi connectivity index (χ0v) is 13.0. The first-order chi connectivity index (χ1) is 10.2. The fourth-order valence-corrected chi connectivity index (χ4v) is 2.12. The van der Waals surface area contributed by atoms with E-state index in [-0.39, 0.29) is 6.04 Å². The first kappa shape index (κ1) is 15.1. The van der Waals surface area contributed by atoms with Crippen molar-refractivity contribution in [3.05, 3.63) is 41.7 Å². The molecule has 1 aromatic heterocycles. The van der Waals surface area contributed by atoms with Crippen molar-refractivity contribution in [3.63, 3.8) is 0 Å². The van der Waals surface area contributed by atoms with Gasteiger partial charge in [-0.1, -0.05) is 12.1 Å². The highest BCUT2D eigenvalue weighted by molar-refractivity contribution is 5.57. The summed E-state index contributed by atoms with van der Waals surface area (Å²) in [6.07, 6.45) is 1.58. The van der Waals surface area contributed by atoms with Gasteiger partial charge in [0.1, 0.15) is 23.7 Å². The summed E-state index contributed by atoms with van der Waals surface area (Å²) in [5.41, 5.74) is 2.21. The minimum atomic E-state index is 0.152. The third kappa shape index (κ3) is 3.62. The predicted molar refractivity (Wildman–Crippen MR) is 86.0 cm³/mol. The van der Waals surface area contributed by atoms with Crippen molar-refractivity contribution in [2.24, 2.45) is 0 Å². The SMILES string of the molecule is CCNc1ncnc(NC(C)c2ccc(OC)cc2)c1C. The number of hydrogen-bond acceptors (Lipinski definition) is 5. The minimum Gasteiger partial charge on any atom is -0.497 e. The molecular formula is C16H22N4O. The molecule has 112 valence electrons. The van der Waals surface area contributed by atoms with Crippen LogP contribution in [0.25, 0.3) is 0 Å². The van der Waals surface area contributed by atoms with Crippen LogP contribution in [0.4, 0.5) is 11.6 Å². The second-order valence-corrected chi connectivity index (χ2v) is 4.87. The Morgan fingerprint density at radius 2 is 1.81 bits per heavy atom. The summed E-state index contributed by atoms with van der Waals surface area (Å²) in [6.45, 7) is 7.01. The van der Waals surface area contributed by atoms with E-state index in [2.05, 4.69) is 46.6 Å². The summed E-state index contributed by atoms with van der Waals surface area (Å²) < 4.78 is 5.18. The summed E-state index contributed by atoms with van der Waals surface area (Å²) in [7, 11) is 1.67. The van der Waals surface area contributed by atoms with Gasteiger partial charge in [0.05, 0.1) is 7.11 Å². The number of hydrogen-bond donors (Lipinski definition) is 2. The second-order valence-electron chi connectivity index (χ2n) is 4.87. The lowest BCUT2D eigenvalue weighted by molar-refractivity contribution is 0.414. The molecule has 0 aliphatic rings. The van der Waals surface area contributed by atoms with Crippen molar-refractivity contribution in [2.75, 3.05) is 24.3 Å². The van der Waals surface area contributed by atoms with Crippen molar-refractivity contribution in [1.82, 2.24) is 9.97 Å². The van der Waals surface area contributed by atoms with Gasteiger partial charge in [0, 0.05) is 18.2 Å². The van der Waals surface area contributed by atoms with Crippen molar-refractivity contribution in [2.45, 2.75) is 26.8 Å². The van der Waals surface area contributed by atoms with Crippen molar-refractivity contribution < 1.29 is 4.74 Å². The summed E-state index contributed by atoms with van der Waals surface area (Å²) in [5.74, 6) is 2.58. The van der Waals surface area contributed by atoms with Gasteiger partial charge >= 0.3 is 0 Å². The average Bonchev–Trinajstić information content (AvgIpc) is 2.51. The van der Waals surface area contributed by atoms with E-state index < -0.39 is 0 Å². The van der Waals surface area contributed by atoms with Crippen LogP contribution in [0.5, 0.6) is 5.75 Å². The largest absolute Gasteiger partial charge is 0.497 e. The summed E-state index contributed by atoms with van der Waals surface area (Å²) in [4.78, 5) is 8.59. The van der Waals surface area contributed by atoms with E-state index in [4.69, 9.17) is 4.74 Å². The van der Waals surface area contributed by atoms with Gasteiger partial charge < -0.3 is 15.4 Å². The molecule has 0 saturated carbocycles. The van der Waals surface area contributed by atoms with Crippen LogP contribution in [0.2, 0.25) is 0 Å². The number of benzene rings is 1. The zero-order valence-electron chi connectivity index (χ0n) is 13.0. The van der Waals surface area contributed by atoms with E-state index in [1.807, 2.05) is 19.1 Å². The van der Waals surface area contributed by atoms with Crippen LogP contribution in [0, 0.1) is 6.92 Å². The Labute approximate surface area is 125 Å². The molecule has 0 fully saturated rings. The van der Waals surface area contributed by atoms with Crippen molar-refractivity contribution in [1.29, 1.82) is 0 Å². The number of ether oxygens (including phenoxy) is 1. The maximum absolute atomic E-state index is 5.18. The molecule has 0 aliphatic heterocycles. The van der Waals surface area contributed by atoms with Crippen LogP contribution in [-0.4, -0.2) is 23.6 Å². The summed E-state index contributed by atoms with van der Waals surface area (Å²) in [6, 6.07) is 8.18. The molecule has 5 nitrogen and oxygen atoms in total. The van der Waals surface area contributed by atoms with Gasteiger partial charge in [0.25, 0.3) is 0 Å². The third-order valence-corrected chi connectivity index (χ3v) is 3.40. The number of rotatable bonds is 6. The maximum atomic E-state index is 5.18. The van der Waals surface area contributed by atoms with Crippen molar-refractivity contribution in [3.8, 4) is 5.75 Å². The van der Waals surface area contributed by atoms with Crippen LogP contribution >= 0.6 is 0 Å². The Kier molecular flexibility index (Phi) is 4.98. The molecule has 0 saturated heterocycles. The van der Waals surface area contributed by atoms with Crippen LogP contribution in [0.3, 0.4) is 0 Å². The van der Waals surface area contributed by atoms with Crippen LogP contribution in [0.1, 0.15) is 31.0 Å². The quantitative estimate of drug-likeness (QED) is 0.852. The molecule has 0 bridgehead atoms. The van der Waals surface area contributed by atoms with Gasteiger partial charge in [0.2, 0.25) is 0 Å². The van der Waals surface area contributed by atoms with Crippen LogP contribution in [-0.2, 0) is 0 Å². The van der Waals surface area contributed by atoms with Crippen LogP contribution < -0.4 is 15.4 Å². The Bertz CT molecular complexity index is 583. The summed E-state index contributed by atoms with van der Waals surface area (Å²) >= 11 is 0. The molecule has 0 radical (unpaired) electrons. The molecule has 2 N–H and O–H groups in total. The van der Waals surface area contributed by atoms with E-state index in [0.717, 1.165) is 29.5 Å². The van der Waals surface area contributed by atoms with Crippen molar-refractivity contribution >= 4 is 11.6 Å². The molecule has 1 aromatic carbocycles. The Hall–Kier alpha value is -2.30. The normalized spacial score (nSPS) is 11.8. The first-order valence-corrected chi connectivity index (χ1v) is 7.11. The van der Waals surface area contributed by atoms with Gasteiger partial charge in [-0.05, 0) is 38.5 Å². The predicted octanol–water partition coefficient (Wildman–Crippen LogP) is 3.40. The lowest BCUT2D eigenvalue weighted by Gasteiger charge is -2.18. The molecule has 1 unspecified atom stereocenters. The van der Waals surface area contributed by atoms with E-state index in [1.54, 1.807) is 13.4 Å². The monoisotopic (exact) mass is 286 g/mol. The van der Waals surface area contributed by atoms with Gasteiger partial charge in [-0.25, -0.2) is 9.97 Å². The highest BCUT2D eigenvalue weighted by Crippen LogP contribution is 2.24. The molecule has 0 aliphatic carbocycles. The fraction of sp³-hybridized carbons (Fsp3) is 0.375. The lowest BCUT2D eigenvalue weighted by atomic mass is 10.1. The summed E-state index contributed by atoms with van der Waals surface area (Å²) in [5, 5.41) is 6.67. The highest BCUT2D eigenvalue weighted by Gasteiger charge is 2.10. The Balaban J connectivity index is 2.14. The topological polar surface area (TPSA) is 59.1 Å². The molecular weight excluding hydrogens is 264 g/mol. The molecule has 1 heterocycles. The fourth-order valence-electron chi connectivity index (χ4n) is 2.12. The molecule has 5 heteroatoms. The van der Waals surface area contributed by atoms with Gasteiger partial charge in [-0.3, -0.25) is 0 Å². The number of methoxy groups -OCH3 is 1. The Morgan fingerprint density at radius 3 is 2.43 bits per heavy atom. The third-order valence-electron chi connectivity index (χ3n) is 3.40. The molecule has 2 rings (SSSR count).